The normalized spacial score (nSPS) is 41.3. The van der Waals surface area contributed by atoms with Crippen LogP contribution in [0, 0.1) is 0 Å². The van der Waals surface area contributed by atoms with E-state index in [0.717, 1.165) is 0 Å². The van der Waals surface area contributed by atoms with E-state index >= 15 is 0 Å². The number of carbonyl (C=O) groups excluding carboxylic acids is 1. The maximum atomic E-state index is 10.8. The molecule has 0 unspecified atom stereocenters. The molecule has 5 atom stereocenters. The molecule has 7 heteroatoms. The molecule has 4 N–H and O–H groups in total. The summed E-state index contributed by atoms with van der Waals surface area (Å²) in [6, 6.07) is -0.788. The minimum absolute atomic E-state index is 0.351. The molecule has 0 aromatic heterocycles. The predicted octanol–water partition coefficient (Wildman–Crippen LogP) is -2.14. The van der Waals surface area contributed by atoms with Crippen molar-refractivity contribution in [2.75, 3.05) is 6.61 Å². The lowest BCUT2D eigenvalue weighted by molar-refractivity contribution is -0.218. The predicted molar refractivity (Wildman–Crippen MR) is 54.4 cm³/mol. The van der Waals surface area contributed by atoms with Crippen LogP contribution in [0.5, 0.6) is 0 Å². The van der Waals surface area contributed by atoms with Crippen LogP contribution in [0.1, 0.15) is 6.92 Å². The molecule has 0 spiro atoms. The number of nitrogens with one attached hydrogen (secondary N) is 1. The number of amides is 1. The number of aliphatic hydroxyl groups excluding tert-OH is 3. The standard InChI is InChI=1S/C8H15NO5S/c1-3(11)9-5-7(15)6(12)4(2-10)14-8(5)13/h4-8,10,12-13,15H,2H2,1H3,(H,9,11)/t4-,5-,6+,7-,8-/m1/s1. The zero-order chi connectivity index (χ0) is 11.6. The van der Waals surface area contributed by atoms with Crippen molar-refractivity contribution in [1.82, 2.24) is 5.32 Å². The lowest BCUT2D eigenvalue weighted by Crippen LogP contribution is -2.62. The Bertz CT molecular complexity index is 239. The van der Waals surface area contributed by atoms with E-state index in [1.54, 1.807) is 0 Å². The lowest BCUT2D eigenvalue weighted by atomic mass is 10.00. The van der Waals surface area contributed by atoms with Gasteiger partial charge >= 0.3 is 0 Å². The third-order valence-electron chi connectivity index (χ3n) is 2.27. The second-order valence-electron chi connectivity index (χ2n) is 3.46. The zero-order valence-corrected chi connectivity index (χ0v) is 9.09. The van der Waals surface area contributed by atoms with Crippen LogP contribution in [0.4, 0.5) is 0 Å². The Balaban J connectivity index is 2.70. The molecule has 0 aromatic rings. The summed E-state index contributed by atoms with van der Waals surface area (Å²) >= 11 is 4.08. The Morgan fingerprint density at radius 2 is 2.13 bits per heavy atom. The molecule has 1 heterocycles. The summed E-state index contributed by atoms with van der Waals surface area (Å²) in [7, 11) is 0. The van der Waals surface area contributed by atoms with E-state index in [0.29, 0.717) is 0 Å². The Morgan fingerprint density at radius 1 is 1.53 bits per heavy atom. The second-order valence-corrected chi connectivity index (χ2v) is 4.05. The van der Waals surface area contributed by atoms with E-state index in [1.807, 2.05) is 0 Å². The van der Waals surface area contributed by atoms with E-state index in [4.69, 9.17) is 9.84 Å². The van der Waals surface area contributed by atoms with E-state index in [2.05, 4.69) is 17.9 Å². The van der Waals surface area contributed by atoms with Gasteiger partial charge in [0, 0.05) is 6.92 Å². The van der Waals surface area contributed by atoms with E-state index in [-0.39, 0.29) is 5.91 Å². The van der Waals surface area contributed by atoms with Crippen LogP contribution in [0.2, 0.25) is 0 Å². The monoisotopic (exact) mass is 237 g/mol. The quantitative estimate of drug-likeness (QED) is 0.353. The first-order chi connectivity index (χ1) is 6.97. The molecular formula is C8H15NO5S. The molecule has 88 valence electrons. The first kappa shape index (κ1) is 12.7. The third kappa shape index (κ3) is 2.82. The molecule has 0 aromatic carbocycles. The van der Waals surface area contributed by atoms with Gasteiger partial charge in [0.05, 0.1) is 24.0 Å². The highest BCUT2D eigenvalue weighted by atomic mass is 32.1. The Morgan fingerprint density at radius 3 is 2.60 bits per heavy atom. The molecule has 0 saturated carbocycles. The van der Waals surface area contributed by atoms with Crippen molar-refractivity contribution < 1.29 is 24.9 Å². The third-order valence-corrected chi connectivity index (χ3v) is 2.90. The molecule has 1 saturated heterocycles. The molecule has 0 aliphatic carbocycles. The maximum absolute atomic E-state index is 10.8. The molecule has 1 aliphatic rings. The summed E-state index contributed by atoms with van der Waals surface area (Å²) in [6.45, 7) is 0.875. The average Bonchev–Trinajstić information content (AvgIpc) is 2.18. The SMILES string of the molecule is CC(=O)N[C@@H]1[C@@H](S)[C@@H](O)[C@@H](CO)O[C@H]1O. The fourth-order valence-electron chi connectivity index (χ4n) is 1.49. The smallest absolute Gasteiger partial charge is 0.217 e. The van der Waals surface area contributed by atoms with Crippen molar-refractivity contribution in [1.29, 1.82) is 0 Å². The topological polar surface area (TPSA) is 99.0 Å². The molecule has 15 heavy (non-hydrogen) atoms. The molecule has 1 rings (SSSR count). The van der Waals surface area contributed by atoms with Gasteiger partial charge in [-0.3, -0.25) is 4.79 Å². The Hall–Kier alpha value is -0.340. The first-order valence-electron chi connectivity index (χ1n) is 4.55. The number of carbonyl (C=O) groups is 1. The summed E-state index contributed by atoms with van der Waals surface area (Å²) in [5.41, 5.74) is 0. The van der Waals surface area contributed by atoms with Crippen LogP contribution in [-0.2, 0) is 9.53 Å². The lowest BCUT2D eigenvalue weighted by Gasteiger charge is -2.40. The Labute approximate surface area is 92.7 Å². The minimum atomic E-state index is -1.28. The van der Waals surface area contributed by atoms with Crippen LogP contribution in [-0.4, -0.2) is 57.6 Å². The van der Waals surface area contributed by atoms with Gasteiger partial charge in [0.25, 0.3) is 0 Å². The van der Waals surface area contributed by atoms with Gasteiger partial charge in [-0.2, -0.15) is 12.6 Å². The second kappa shape index (κ2) is 5.13. The first-order valence-corrected chi connectivity index (χ1v) is 5.06. The van der Waals surface area contributed by atoms with Crippen LogP contribution in [0.15, 0.2) is 0 Å². The van der Waals surface area contributed by atoms with Gasteiger partial charge in [0.1, 0.15) is 6.10 Å². The fraction of sp³-hybridized carbons (Fsp3) is 0.875. The minimum Gasteiger partial charge on any atom is -0.394 e. The van der Waals surface area contributed by atoms with Crippen LogP contribution in [0.25, 0.3) is 0 Å². The van der Waals surface area contributed by atoms with Gasteiger partial charge in [-0.25, -0.2) is 0 Å². The summed E-state index contributed by atoms with van der Waals surface area (Å²) in [5.74, 6) is -0.351. The van der Waals surface area contributed by atoms with Crippen molar-refractivity contribution in [3.63, 3.8) is 0 Å². The van der Waals surface area contributed by atoms with Gasteiger partial charge in [-0.15, -0.1) is 0 Å². The Kier molecular flexibility index (Phi) is 4.35. The number of rotatable bonds is 2. The number of ether oxygens (including phenoxy) is 1. The highest BCUT2D eigenvalue weighted by Gasteiger charge is 2.42. The van der Waals surface area contributed by atoms with Gasteiger partial charge in [0.2, 0.25) is 5.91 Å². The highest BCUT2D eigenvalue weighted by Crippen LogP contribution is 2.23. The summed E-state index contributed by atoms with van der Waals surface area (Å²) in [6.07, 6.45) is -3.21. The van der Waals surface area contributed by atoms with Gasteiger partial charge < -0.3 is 25.4 Å². The molecular weight excluding hydrogens is 222 g/mol. The molecule has 0 radical (unpaired) electrons. The van der Waals surface area contributed by atoms with Crippen molar-refractivity contribution in [3.8, 4) is 0 Å². The summed E-state index contributed by atoms with van der Waals surface area (Å²) < 4.78 is 4.92. The molecule has 0 bridgehead atoms. The van der Waals surface area contributed by atoms with E-state index in [9.17, 15) is 15.0 Å². The molecule has 1 fully saturated rings. The summed E-state index contributed by atoms with van der Waals surface area (Å²) in [5, 5.41) is 29.7. The molecule has 1 aliphatic heterocycles. The molecule has 6 nitrogen and oxygen atoms in total. The molecule has 1 amide bonds. The van der Waals surface area contributed by atoms with Crippen molar-refractivity contribution >= 4 is 18.5 Å². The largest absolute Gasteiger partial charge is 0.394 e. The van der Waals surface area contributed by atoms with Gasteiger partial charge in [-0.1, -0.05) is 0 Å². The van der Waals surface area contributed by atoms with Crippen molar-refractivity contribution in [2.24, 2.45) is 0 Å². The van der Waals surface area contributed by atoms with Gasteiger partial charge in [0.15, 0.2) is 6.29 Å². The van der Waals surface area contributed by atoms with Crippen LogP contribution in [0.3, 0.4) is 0 Å². The zero-order valence-electron chi connectivity index (χ0n) is 8.20. The number of hydrogen-bond acceptors (Lipinski definition) is 6. The fourth-order valence-corrected chi connectivity index (χ4v) is 1.90. The number of aliphatic hydroxyl groups is 3. The van der Waals surface area contributed by atoms with Crippen LogP contribution >= 0.6 is 12.6 Å². The van der Waals surface area contributed by atoms with Gasteiger partial charge in [-0.05, 0) is 0 Å². The maximum Gasteiger partial charge on any atom is 0.217 e. The highest BCUT2D eigenvalue weighted by molar-refractivity contribution is 7.81. The van der Waals surface area contributed by atoms with Crippen molar-refractivity contribution in [2.45, 2.75) is 36.7 Å². The van der Waals surface area contributed by atoms with E-state index < -0.39 is 36.4 Å². The number of thiol groups is 1. The average molecular weight is 237 g/mol. The summed E-state index contributed by atoms with van der Waals surface area (Å²) in [4.78, 5) is 10.8. The van der Waals surface area contributed by atoms with E-state index in [1.165, 1.54) is 6.92 Å². The van der Waals surface area contributed by atoms with Crippen molar-refractivity contribution in [3.05, 3.63) is 0 Å². The van der Waals surface area contributed by atoms with Crippen LogP contribution < -0.4 is 5.32 Å². The number of hydrogen-bond donors (Lipinski definition) is 5.